The maximum absolute atomic E-state index is 12.0. The van der Waals surface area contributed by atoms with E-state index in [1.165, 1.54) is 12.5 Å². The van der Waals surface area contributed by atoms with Gasteiger partial charge in [-0.05, 0) is 17.9 Å². The summed E-state index contributed by atoms with van der Waals surface area (Å²) >= 11 is 1.54. The van der Waals surface area contributed by atoms with Crippen molar-refractivity contribution in [2.45, 2.75) is 24.4 Å². The average molecular weight is 271 g/mol. The molecule has 92 valence electrons. The fourth-order valence-corrected chi connectivity index (χ4v) is 3.61. The molecule has 0 aliphatic heterocycles. The zero-order valence-corrected chi connectivity index (χ0v) is 10.9. The van der Waals surface area contributed by atoms with Gasteiger partial charge in [-0.2, -0.15) is 0 Å². The van der Waals surface area contributed by atoms with E-state index in [1.54, 1.807) is 11.3 Å². The number of aromatic amines is 1. The van der Waals surface area contributed by atoms with E-state index in [1.807, 2.05) is 24.4 Å². The molecule has 0 aromatic carbocycles. The summed E-state index contributed by atoms with van der Waals surface area (Å²) < 4.78 is 26.6. The average Bonchev–Trinajstić information content (AvgIpc) is 2.97. The van der Waals surface area contributed by atoms with Crippen LogP contribution in [0.1, 0.15) is 24.3 Å². The highest BCUT2D eigenvalue weighted by atomic mass is 32.2. The third kappa shape index (κ3) is 2.74. The van der Waals surface area contributed by atoms with Gasteiger partial charge in [0.25, 0.3) is 10.0 Å². The van der Waals surface area contributed by atoms with E-state index in [-0.39, 0.29) is 11.1 Å². The lowest BCUT2D eigenvalue weighted by atomic mass is 10.2. The quantitative estimate of drug-likeness (QED) is 0.872. The molecule has 0 spiro atoms. The molecule has 0 fully saturated rings. The van der Waals surface area contributed by atoms with Crippen molar-refractivity contribution in [2.75, 3.05) is 0 Å². The Bertz CT molecular complexity index is 546. The highest BCUT2D eigenvalue weighted by molar-refractivity contribution is 7.89. The van der Waals surface area contributed by atoms with Gasteiger partial charge in [0.15, 0.2) is 5.03 Å². The minimum atomic E-state index is -3.52. The molecule has 5 nitrogen and oxygen atoms in total. The first kappa shape index (κ1) is 12.3. The maximum atomic E-state index is 12.0. The van der Waals surface area contributed by atoms with Gasteiger partial charge in [-0.15, -0.1) is 11.3 Å². The van der Waals surface area contributed by atoms with E-state index in [0.717, 1.165) is 4.88 Å². The third-order valence-corrected chi connectivity index (χ3v) is 4.74. The Morgan fingerprint density at radius 2 is 2.41 bits per heavy atom. The summed E-state index contributed by atoms with van der Waals surface area (Å²) in [6.07, 6.45) is 3.35. The highest BCUT2D eigenvalue weighted by Crippen LogP contribution is 2.23. The second kappa shape index (κ2) is 4.99. The molecule has 0 saturated carbocycles. The minimum Gasteiger partial charge on any atom is -0.335 e. The predicted octanol–water partition coefficient (Wildman–Crippen LogP) is 1.90. The monoisotopic (exact) mass is 271 g/mol. The molecule has 2 rings (SSSR count). The fraction of sp³-hybridized carbons (Fsp3) is 0.300. The first-order valence-electron chi connectivity index (χ1n) is 5.17. The fourth-order valence-electron chi connectivity index (χ4n) is 1.47. The summed E-state index contributed by atoms with van der Waals surface area (Å²) in [5.41, 5.74) is 0. The van der Waals surface area contributed by atoms with E-state index < -0.39 is 10.0 Å². The summed E-state index contributed by atoms with van der Waals surface area (Å²) in [6.45, 7) is 1.94. The lowest BCUT2D eigenvalue weighted by Gasteiger charge is -2.14. The van der Waals surface area contributed by atoms with Gasteiger partial charge in [-0.1, -0.05) is 13.0 Å². The van der Waals surface area contributed by atoms with Crippen molar-refractivity contribution in [3.63, 3.8) is 0 Å². The van der Waals surface area contributed by atoms with Crippen LogP contribution in [0, 0.1) is 0 Å². The van der Waals surface area contributed by atoms with Crippen LogP contribution in [0.3, 0.4) is 0 Å². The van der Waals surface area contributed by atoms with Crippen LogP contribution in [0.2, 0.25) is 0 Å². The molecule has 17 heavy (non-hydrogen) atoms. The summed E-state index contributed by atoms with van der Waals surface area (Å²) in [5.74, 6) is 0. The van der Waals surface area contributed by atoms with Gasteiger partial charge in [-0.25, -0.2) is 18.1 Å². The van der Waals surface area contributed by atoms with Gasteiger partial charge in [0.05, 0.1) is 18.6 Å². The van der Waals surface area contributed by atoms with Gasteiger partial charge in [0.1, 0.15) is 0 Å². The smallest absolute Gasteiger partial charge is 0.258 e. The van der Waals surface area contributed by atoms with Crippen molar-refractivity contribution in [1.29, 1.82) is 0 Å². The summed E-state index contributed by atoms with van der Waals surface area (Å²) in [5, 5.41) is 2.02. The van der Waals surface area contributed by atoms with Crippen molar-refractivity contribution in [3.8, 4) is 0 Å². The molecule has 0 bridgehead atoms. The topological polar surface area (TPSA) is 74.8 Å². The van der Waals surface area contributed by atoms with Crippen molar-refractivity contribution < 1.29 is 8.42 Å². The highest BCUT2D eigenvalue weighted by Gasteiger charge is 2.21. The standard InChI is InChI=1S/C10H13N3O2S2/c1-2-8(9-4-3-5-16-9)13-17(14,15)10-6-11-7-12-10/h3-8,13H,2H2,1H3,(H,11,12). The van der Waals surface area contributed by atoms with Crippen LogP contribution in [0.4, 0.5) is 0 Å². The van der Waals surface area contributed by atoms with Crippen LogP contribution in [0.15, 0.2) is 35.1 Å². The predicted molar refractivity (Wildman–Crippen MR) is 66.3 cm³/mol. The van der Waals surface area contributed by atoms with Crippen LogP contribution >= 0.6 is 11.3 Å². The molecule has 0 amide bonds. The normalized spacial score (nSPS) is 13.7. The van der Waals surface area contributed by atoms with Crippen LogP contribution in [-0.4, -0.2) is 18.4 Å². The Kier molecular flexibility index (Phi) is 3.60. The Labute approximate surface area is 104 Å². The second-order valence-corrected chi connectivity index (χ2v) is 6.18. The molecule has 7 heteroatoms. The second-order valence-electron chi connectivity index (χ2n) is 3.51. The molecule has 0 saturated heterocycles. The molecular weight excluding hydrogens is 258 g/mol. The van der Waals surface area contributed by atoms with Crippen LogP contribution < -0.4 is 4.72 Å². The Morgan fingerprint density at radius 1 is 1.59 bits per heavy atom. The molecule has 1 unspecified atom stereocenters. The Morgan fingerprint density at radius 3 is 2.94 bits per heavy atom. The van der Waals surface area contributed by atoms with Gasteiger partial charge in [-0.3, -0.25) is 0 Å². The number of nitrogens with zero attached hydrogens (tertiary/aromatic N) is 1. The van der Waals surface area contributed by atoms with E-state index in [0.29, 0.717) is 6.42 Å². The summed E-state index contributed by atoms with van der Waals surface area (Å²) in [7, 11) is -3.52. The van der Waals surface area contributed by atoms with Crippen molar-refractivity contribution >= 4 is 21.4 Å². The lowest BCUT2D eigenvalue weighted by Crippen LogP contribution is -2.28. The van der Waals surface area contributed by atoms with E-state index in [2.05, 4.69) is 14.7 Å². The lowest BCUT2D eigenvalue weighted by molar-refractivity contribution is 0.550. The van der Waals surface area contributed by atoms with Gasteiger partial charge in [0.2, 0.25) is 0 Å². The minimum absolute atomic E-state index is 0.0903. The molecule has 2 heterocycles. The summed E-state index contributed by atoms with van der Waals surface area (Å²) in [6, 6.07) is 3.64. The largest absolute Gasteiger partial charge is 0.335 e. The van der Waals surface area contributed by atoms with Crippen LogP contribution in [-0.2, 0) is 10.0 Å². The van der Waals surface area contributed by atoms with Crippen LogP contribution in [0.25, 0.3) is 0 Å². The molecule has 0 aliphatic rings. The van der Waals surface area contributed by atoms with Crippen molar-refractivity contribution in [1.82, 2.24) is 14.7 Å². The third-order valence-electron chi connectivity index (χ3n) is 2.35. The van der Waals surface area contributed by atoms with E-state index >= 15 is 0 Å². The number of nitrogens with one attached hydrogen (secondary N) is 2. The SMILES string of the molecule is CCC(NS(=O)(=O)c1cnc[nH]1)c1cccs1. The molecule has 2 aromatic heterocycles. The first-order chi connectivity index (χ1) is 8.13. The van der Waals surface area contributed by atoms with Gasteiger partial charge in [0, 0.05) is 4.88 Å². The Hall–Kier alpha value is -1.18. The number of rotatable bonds is 5. The molecule has 1 atom stereocenters. The molecule has 2 aromatic rings. The van der Waals surface area contributed by atoms with E-state index in [4.69, 9.17) is 0 Å². The zero-order valence-electron chi connectivity index (χ0n) is 9.25. The van der Waals surface area contributed by atoms with Crippen molar-refractivity contribution in [3.05, 3.63) is 34.9 Å². The van der Waals surface area contributed by atoms with Crippen LogP contribution in [0.5, 0.6) is 0 Å². The number of hydrogen-bond donors (Lipinski definition) is 2. The molecule has 0 radical (unpaired) electrons. The Balaban J connectivity index is 2.20. The van der Waals surface area contributed by atoms with Gasteiger partial charge < -0.3 is 4.98 Å². The maximum Gasteiger partial charge on any atom is 0.258 e. The van der Waals surface area contributed by atoms with Gasteiger partial charge >= 0.3 is 0 Å². The number of hydrogen-bond acceptors (Lipinski definition) is 4. The molecule has 2 N–H and O–H groups in total. The number of imidazole rings is 1. The zero-order chi connectivity index (χ0) is 12.3. The summed E-state index contributed by atoms with van der Waals surface area (Å²) in [4.78, 5) is 7.32. The first-order valence-corrected chi connectivity index (χ1v) is 7.54. The number of aromatic nitrogens is 2. The number of sulfonamides is 1. The number of H-pyrrole nitrogens is 1. The molecular formula is C10H13N3O2S2. The van der Waals surface area contributed by atoms with Crippen molar-refractivity contribution in [2.24, 2.45) is 0 Å². The molecule has 0 aliphatic carbocycles. The number of thiophene rings is 1. The van der Waals surface area contributed by atoms with E-state index in [9.17, 15) is 8.42 Å².